The second kappa shape index (κ2) is 4.32. The minimum Gasteiger partial charge on any atom is -0.504 e. The predicted molar refractivity (Wildman–Crippen MR) is 52.6 cm³/mol. The van der Waals surface area contributed by atoms with Crippen LogP contribution in [0.3, 0.4) is 0 Å². The smallest absolute Gasteiger partial charge is 0.220 e. The Hall–Kier alpha value is -1.97. The van der Waals surface area contributed by atoms with Gasteiger partial charge in [-0.1, -0.05) is 6.07 Å². The number of phenols is 2. The van der Waals surface area contributed by atoms with E-state index in [4.69, 9.17) is 10.2 Å². The van der Waals surface area contributed by atoms with Crippen LogP contribution in [0.15, 0.2) is 24.4 Å². The molecule has 0 bridgehead atoms. The van der Waals surface area contributed by atoms with Gasteiger partial charge in [0.2, 0.25) is 5.91 Å². The van der Waals surface area contributed by atoms with Gasteiger partial charge in [-0.2, -0.15) is 0 Å². The number of carbonyl (C=O) groups excluding carboxylic acids is 1. The summed E-state index contributed by atoms with van der Waals surface area (Å²) in [5.74, 6) is -0.513. The van der Waals surface area contributed by atoms with Gasteiger partial charge in [-0.05, 0) is 23.8 Å². The predicted octanol–water partition coefficient (Wildman–Crippen LogP) is 1.20. The first-order valence-corrected chi connectivity index (χ1v) is 4.05. The molecule has 0 aliphatic carbocycles. The molecule has 0 heterocycles. The molecule has 0 unspecified atom stereocenters. The van der Waals surface area contributed by atoms with E-state index < -0.39 is 0 Å². The Morgan fingerprint density at radius 3 is 2.64 bits per heavy atom. The zero-order valence-electron chi connectivity index (χ0n) is 7.69. The number of phenolic OH excluding ortho intramolecular Hbond substituents is 2. The average Bonchev–Trinajstić information content (AvgIpc) is 2.10. The van der Waals surface area contributed by atoms with E-state index >= 15 is 0 Å². The van der Waals surface area contributed by atoms with Gasteiger partial charge in [-0.3, -0.25) is 4.79 Å². The topological polar surface area (TPSA) is 69.6 Å². The molecule has 1 amide bonds. The van der Waals surface area contributed by atoms with Crippen LogP contribution < -0.4 is 5.32 Å². The summed E-state index contributed by atoms with van der Waals surface area (Å²) in [6.07, 6.45) is 3.08. The van der Waals surface area contributed by atoms with Gasteiger partial charge in [0, 0.05) is 13.1 Å². The van der Waals surface area contributed by atoms with Crippen molar-refractivity contribution in [2.24, 2.45) is 0 Å². The number of amides is 1. The Labute approximate surface area is 81.5 Å². The number of rotatable bonds is 2. The fraction of sp³-hybridized carbons (Fsp3) is 0.100. The molecule has 0 atom stereocenters. The lowest BCUT2D eigenvalue weighted by atomic mass is 10.2. The van der Waals surface area contributed by atoms with E-state index in [1.807, 2.05) is 0 Å². The summed E-state index contributed by atoms with van der Waals surface area (Å²) in [6, 6.07) is 4.39. The normalized spacial score (nSPS) is 10.4. The third-order valence-corrected chi connectivity index (χ3v) is 1.56. The van der Waals surface area contributed by atoms with Crippen LogP contribution in [0.1, 0.15) is 12.5 Å². The first kappa shape index (κ1) is 10.1. The van der Waals surface area contributed by atoms with Crippen molar-refractivity contribution in [3.8, 4) is 11.5 Å². The quantitative estimate of drug-likeness (QED) is 0.618. The first-order valence-electron chi connectivity index (χ1n) is 4.05. The fourth-order valence-electron chi connectivity index (χ4n) is 0.899. The summed E-state index contributed by atoms with van der Waals surface area (Å²) in [7, 11) is 0. The Morgan fingerprint density at radius 1 is 1.36 bits per heavy atom. The van der Waals surface area contributed by atoms with Gasteiger partial charge in [-0.25, -0.2) is 0 Å². The van der Waals surface area contributed by atoms with Crippen molar-refractivity contribution in [3.05, 3.63) is 30.0 Å². The molecule has 0 radical (unpaired) electrons. The Kier molecular flexibility index (Phi) is 3.12. The lowest BCUT2D eigenvalue weighted by Gasteiger charge is -1.98. The van der Waals surface area contributed by atoms with Gasteiger partial charge in [-0.15, -0.1) is 0 Å². The highest BCUT2D eigenvalue weighted by Crippen LogP contribution is 2.25. The number of carbonyl (C=O) groups is 1. The minimum absolute atomic E-state index is 0.163. The zero-order chi connectivity index (χ0) is 10.6. The maximum absolute atomic E-state index is 10.5. The average molecular weight is 193 g/mol. The van der Waals surface area contributed by atoms with Crippen molar-refractivity contribution >= 4 is 12.0 Å². The molecule has 1 aromatic carbocycles. The number of benzene rings is 1. The van der Waals surface area contributed by atoms with Gasteiger partial charge in [0.25, 0.3) is 0 Å². The molecule has 4 nitrogen and oxygen atoms in total. The third kappa shape index (κ3) is 2.82. The Morgan fingerprint density at radius 2 is 2.07 bits per heavy atom. The van der Waals surface area contributed by atoms with Crippen LogP contribution in [0.5, 0.6) is 11.5 Å². The zero-order valence-corrected chi connectivity index (χ0v) is 7.69. The van der Waals surface area contributed by atoms with Crippen LogP contribution in [-0.4, -0.2) is 16.1 Å². The van der Waals surface area contributed by atoms with Gasteiger partial charge in [0.1, 0.15) is 0 Å². The van der Waals surface area contributed by atoms with E-state index in [0.717, 1.165) is 0 Å². The van der Waals surface area contributed by atoms with Crippen molar-refractivity contribution in [1.29, 1.82) is 0 Å². The molecule has 0 saturated carbocycles. The van der Waals surface area contributed by atoms with Crippen LogP contribution in [0.2, 0.25) is 0 Å². The molecule has 0 saturated heterocycles. The van der Waals surface area contributed by atoms with E-state index in [1.165, 1.54) is 25.3 Å². The molecule has 0 aliphatic heterocycles. The maximum Gasteiger partial charge on any atom is 0.220 e. The lowest BCUT2D eigenvalue weighted by Crippen LogP contribution is -2.10. The van der Waals surface area contributed by atoms with Crippen molar-refractivity contribution in [1.82, 2.24) is 5.32 Å². The summed E-state index contributed by atoms with van der Waals surface area (Å²) >= 11 is 0. The SMILES string of the molecule is CC(=O)NC=Cc1ccc(O)c(O)c1. The number of aromatic hydroxyl groups is 2. The molecule has 0 spiro atoms. The highest BCUT2D eigenvalue weighted by Gasteiger charge is 1.97. The van der Waals surface area contributed by atoms with Crippen molar-refractivity contribution < 1.29 is 15.0 Å². The van der Waals surface area contributed by atoms with E-state index in [2.05, 4.69) is 5.32 Å². The molecule has 74 valence electrons. The van der Waals surface area contributed by atoms with E-state index in [9.17, 15) is 4.79 Å². The summed E-state index contributed by atoms with van der Waals surface area (Å²) in [5.41, 5.74) is 0.689. The standard InChI is InChI=1S/C10H11NO3/c1-7(12)11-5-4-8-2-3-9(13)10(14)6-8/h2-6,13-14H,1H3,(H,11,12). The summed E-state index contributed by atoms with van der Waals surface area (Å²) in [4.78, 5) is 10.5. The molecule has 1 rings (SSSR count). The molecule has 4 heteroatoms. The molecule has 3 N–H and O–H groups in total. The highest BCUT2D eigenvalue weighted by atomic mass is 16.3. The maximum atomic E-state index is 10.5. The van der Waals surface area contributed by atoms with E-state index in [0.29, 0.717) is 5.56 Å². The number of nitrogens with one attached hydrogen (secondary N) is 1. The fourth-order valence-corrected chi connectivity index (χ4v) is 0.899. The number of hydrogen-bond acceptors (Lipinski definition) is 3. The lowest BCUT2D eigenvalue weighted by molar-refractivity contribution is -0.118. The van der Waals surface area contributed by atoms with Crippen LogP contribution in [0, 0.1) is 0 Å². The molecule has 0 aliphatic rings. The summed E-state index contributed by atoms with van der Waals surface area (Å²) in [5, 5.41) is 20.6. The molecule has 0 fully saturated rings. The monoisotopic (exact) mass is 193 g/mol. The van der Waals surface area contributed by atoms with Gasteiger partial charge in [0.15, 0.2) is 11.5 Å². The third-order valence-electron chi connectivity index (χ3n) is 1.56. The number of hydrogen-bond donors (Lipinski definition) is 3. The summed E-state index contributed by atoms with van der Waals surface area (Å²) in [6.45, 7) is 1.40. The van der Waals surface area contributed by atoms with Gasteiger partial charge in [0.05, 0.1) is 0 Å². The first-order chi connectivity index (χ1) is 6.59. The van der Waals surface area contributed by atoms with Gasteiger partial charge < -0.3 is 15.5 Å². The van der Waals surface area contributed by atoms with Crippen LogP contribution in [-0.2, 0) is 4.79 Å². The molecule has 1 aromatic rings. The Balaban J connectivity index is 2.73. The Bertz CT molecular complexity index is 372. The molecule has 14 heavy (non-hydrogen) atoms. The second-order valence-corrected chi connectivity index (χ2v) is 2.78. The molecular formula is C10H11NO3. The van der Waals surface area contributed by atoms with E-state index in [-0.39, 0.29) is 17.4 Å². The van der Waals surface area contributed by atoms with Crippen molar-refractivity contribution in [2.75, 3.05) is 0 Å². The van der Waals surface area contributed by atoms with Gasteiger partial charge >= 0.3 is 0 Å². The van der Waals surface area contributed by atoms with Crippen molar-refractivity contribution in [2.45, 2.75) is 6.92 Å². The van der Waals surface area contributed by atoms with E-state index in [1.54, 1.807) is 12.1 Å². The summed E-state index contributed by atoms with van der Waals surface area (Å²) < 4.78 is 0. The largest absolute Gasteiger partial charge is 0.504 e. The van der Waals surface area contributed by atoms with Crippen LogP contribution in [0.4, 0.5) is 0 Å². The molecule has 0 aromatic heterocycles. The second-order valence-electron chi connectivity index (χ2n) is 2.78. The van der Waals surface area contributed by atoms with Crippen LogP contribution >= 0.6 is 0 Å². The molecular weight excluding hydrogens is 182 g/mol. The highest BCUT2D eigenvalue weighted by molar-refractivity contribution is 5.75. The van der Waals surface area contributed by atoms with Crippen LogP contribution in [0.25, 0.3) is 6.08 Å². The minimum atomic E-state index is -0.185. The van der Waals surface area contributed by atoms with Crippen molar-refractivity contribution in [3.63, 3.8) is 0 Å².